The van der Waals surface area contributed by atoms with Gasteiger partial charge in [-0.2, -0.15) is 5.10 Å². The average Bonchev–Trinajstić information content (AvgIpc) is 2.71. The summed E-state index contributed by atoms with van der Waals surface area (Å²) < 4.78 is 1.43. The van der Waals surface area contributed by atoms with E-state index >= 15 is 0 Å². The molecule has 1 unspecified atom stereocenters. The zero-order valence-electron chi connectivity index (χ0n) is 14.8. The van der Waals surface area contributed by atoms with E-state index in [1.54, 1.807) is 6.07 Å². The van der Waals surface area contributed by atoms with Gasteiger partial charge in [0.2, 0.25) is 5.91 Å². The van der Waals surface area contributed by atoms with E-state index in [1.165, 1.54) is 23.6 Å². The first-order valence-corrected chi connectivity index (χ1v) is 9.36. The molecule has 0 radical (unpaired) electrons. The highest BCUT2D eigenvalue weighted by Crippen LogP contribution is 2.31. The monoisotopic (exact) mass is 352 g/mol. The number of benzene rings is 1. The SMILES string of the molecule is O=C(NCCn1nc(-c2ccccc2)ccc1=O)C1CC2CCN1CC2. The summed E-state index contributed by atoms with van der Waals surface area (Å²) in [5.74, 6) is 0.782. The minimum atomic E-state index is -0.153. The second-order valence-electron chi connectivity index (χ2n) is 7.17. The molecule has 1 N–H and O–H groups in total. The molecule has 3 aliphatic heterocycles. The van der Waals surface area contributed by atoms with Gasteiger partial charge >= 0.3 is 0 Å². The van der Waals surface area contributed by atoms with Crippen molar-refractivity contribution in [2.45, 2.75) is 31.8 Å². The molecule has 3 saturated heterocycles. The Balaban J connectivity index is 1.37. The van der Waals surface area contributed by atoms with E-state index in [9.17, 15) is 9.59 Å². The largest absolute Gasteiger partial charge is 0.353 e. The van der Waals surface area contributed by atoms with E-state index in [1.807, 2.05) is 30.3 Å². The van der Waals surface area contributed by atoms with Gasteiger partial charge < -0.3 is 5.32 Å². The summed E-state index contributed by atoms with van der Waals surface area (Å²) in [5, 5.41) is 7.42. The van der Waals surface area contributed by atoms with Crippen molar-refractivity contribution < 1.29 is 4.79 Å². The first-order valence-electron chi connectivity index (χ1n) is 9.36. The molecule has 6 nitrogen and oxygen atoms in total. The second kappa shape index (κ2) is 7.41. The maximum Gasteiger partial charge on any atom is 0.266 e. The van der Waals surface area contributed by atoms with Crippen molar-refractivity contribution in [2.24, 2.45) is 5.92 Å². The number of fused-ring (bicyclic) bond motifs is 3. The molecule has 2 aromatic rings. The Bertz CT molecular complexity index is 825. The highest BCUT2D eigenvalue weighted by molar-refractivity contribution is 5.82. The summed E-state index contributed by atoms with van der Waals surface area (Å²) in [6.45, 7) is 2.85. The van der Waals surface area contributed by atoms with Crippen LogP contribution in [-0.2, 0) is 11.3 Å². The highest BCUT2D eigenvalue weighted by Gasteiger charge is 2.37. The number of amides is 1. The Morgan fingerprint density at radius 3 is 2.58 bits per heavy atom. The van der Waals surface area contributed by atoms with Crippen LogP contribution in [0.2, 0.25) is 0 Å². The van der Waals surface area contributed by atoms with Crippen LogP contribution in [0.25, 0.3) is 11.3 Å². The zero-order chi connectivity index (χ0) is 17.9. The molecule has 136 valence electrons. The zero-order valence-corrected chi connectivity index (χ0v) is 14.8. The van der Waals surface area contributed by atoms with Crippen LogP contribution in [0.4, 0.5) is 0 Å². The van der Waals surface area contributed by atoms with Crippen LogP contribution >= 0.6 is 0 Å². The van der Waals surface area contributed by atoms with Crippen molar-refractivity contribution in [1.29, 1.82) is 0 Å². The van der Waals surface area contributed by atoms with E-state index in [0.717, 1.165) is 30.8 Å². The van der Waals surface area contributed by atoms with Crippen LogP contribution in [0.15, 0.2) is 47.3 Å². The number of carbonyl (C=O) groups is 1. The lowest BCUT2D eigenvalue weighted by Crippen LogP contribution is -2.55. The molecule has 2 bridgehead atoms. The van der Waals surface area contributed by atoms with E-state index < -0.39 is 0 Å². The van der Waals surface area contributed by atoms with Crippen LogP contribution in [0.1, 0.15) is 19.3 Å². The lowest BCUT2D eigenvalue weighted by atomic mass is 9.83. The Morgan fingerprint density at radius 2 is 1.88 bits per heavy atom. The van der Waals surface area contributed by atoms with Crippen LogP contribution in [0.5, 0.6) is 0 Å². The number of carbonyl (C=O) groups excluding carboxylic acids is 1. The number of nitrogens with zero attached hydrogens (tertiary/aromatic N) is 3. The van der Waals surface area contributed by atoms with Crippen LogP contribution in [0, 0.1) is 5.92 Å². The Hall–Kier alpha value is -2.47. The van der Waals surface area contributed by atoms with E-state index in [2.05, 4.69) is 15.3 Å². The maximum absolute atomic E-state index is 12.5. The van der Waals surface area contributed by atoms with Crippen molar-refractivity contribution in [3.8, 4) is 11.3 Å². The molecule has 5 rings (SSSR count). The van der Waals surface area contributed by atoms with E-state index in [-0.39, 0.29) is 17.5 Å². The Kier molecular flexibility index (Phi) is 4.84. The number of hydrogen-bond donors (Lipinski definition) is 1. The fourth-order valence-electron chi connectivity index (χ4n) is 4.01. The molecule has 1 aromatic carbocycles. The number of piperidine rings is 3. The molecule has 6 heteroatoms. The number of nitrogens with one attached hydrogen (secondary N) is 1. The third kappa shape index (κ3) is 3.55. The molecule has 3 aliphatic rings. The first-order chi connectivity index (χ1) is 12.7. The predicted molar refractivity (Wildman–Crippen MR) is 99.6 cm³/mol. The fraction of sp³-hybridized carbons (Fsp3) is 0.450. The van der Waals surface area contributed by atoms with Crippen LogP contribution < -0.4 is 10.9 Å². The lowest BCUT2D eigenvalue weighted by Gasteiger charge is -2.44. The first kappa shape index (κ1) is 17.0. The van der Waals surface area contributed by atoms with Gasteiger partial charge in [0, 0.05) is 18.2 Å². The molecule has 1 aromatic heterocycles. The third-order valence-corrected chi connectivity index (χ3v) is 5.51. The van der Waals surface area contributed by atoms with Crippen molar-refractivity contribution in [3.05, 3.63) is 52.8 Å². The fourth-order valence-corrected chi connectivity index (χ4v) is 4.01. The summed E-state index contributed by atoms with van der Waals surface area (Å²) in [6.07, 6.45) is 3.40. The topological polar surface area (TPSA) is 67.2 Å². The minimum absolute atomic E-state index is 0.00262. The van der Waals surface area contributed by atoms with E-state index in [4.69, 9.17) is 0 Å². The quantitative estimate of drug-likeness (QED) is 0.886. The normalized spacial score (nSPS) is 24.4. The Morgan fingerprint density at radius 1 is 1.12 bits per heavy atom. The lowest BCUT2D eigenvalue weighted by molar-refractivity contribution is -0.130. The molecular formula is C20H24N4O2. The van der Waals surface area contributed by atoms with Crippen LogP contribution in [0.3, 0.4) is 0 Å². The second-order valence-corrected chi connectivity index (χ2v) is 7.17. The smallest absolute Gasteiger partial charge is 0.266 e. The molecule has 3 fully saturated rings. The van der Waals surface area contributed by atoms with Gasteiger partial charge in [-0.15, -0.1) is 0 Å². The molecule has 0 spiro atoms. The van der Waals surface area contributed by atoms with Crippen molar-refractivity contribution in [2.75, 3.05) is 19.6 Å². The summed E-state index contributed by atoms with van der Waals surface area (Å²) >= 11 is 0. The predicted octanol–water partition coefficient (Wildman–Crippen LogP) is 1.51. The molecule has 4 heterocycles. The summed E-state index contributed by atoms with van der Waals surface area (Å²) in [4.78, 5) is 26.8. The molecule has 1 atom stereocenters. The third-order valence-electron chi connectivity index (χ3n) is 5.51. The van der Waals surface area contributed by atoms with Gasteiger partial charge in [0.15, 0.2) is 0 Å². The van der Waals surface area contributed by atoms with Gasteiger partial charge in [0.25, 0.3) is 5.56 Å². The molecule has 0 aliphatic carbocycles. The summed E-state index contributed by atoms with van der Waals surface area (Å²) in [6, 6.07) is 13.0. The molecule has 1 amide bonds. The van der Waals surface area contributed by atoms with Crippen LogP contribution in [-0.4, -0.2) is 46.3 Å². The minimum Gasteiger partial charge on any atom is -0.353 e. The summed E-state index contributed by atoms with van der Waals surface area (Å²) in [7, 11) is 0. The average molecular weight is 352 g/mol. The van der Waals surface area contributed by atoms with Gasteiger partial charge in [-0.05, 0) is 44.3 Å². The number of rotatable bonds is 5. The van der Waals surface area contributed by atoms with Gasteiger partial charge in [-0.1, -0.05) is 30.3 Å². The van der Waals surface area contributed by atoms with E-state index in [0.29, 0.717) is 19.0 Å². The van der Waals surface area contributed by atoms with Crippen molar-refractivity contribution in [3.63, 3.8) is 0 Å². The van der Waals surface area contributed by atoms with Gasteiger partial charge in [-0.25, -0.2) is 4.68 Å². The number of hydrogen-bond acceptors (Lipinski definition) is 4. The highest BCUT2D eigenvalue weighted by atomic mass is 16.2. The number of aromatic nitrogens is 2. The van der Waals surface area contributed by atoms with Gasteiger partial charge in [-0.3, -0.25) is 14.5 Å². The summed E-state index contributed by atoms with van der Waals surface area (Å²) in [5.41, 5.74) is 1.57. The Labute approximate surface area is 152 Å². The van der Waals surface area contributed by atoms with Crippen molar-refractivity contribution in [1.82, 2.24) is 20.0 Å². The van der Waals surface area contributed by atoms with Crippen molar-refractivity contribution >= 4 is 5.91 Å². The maximum atomic E-state index is 12.5. The molecular weight excluding hydrogens is 328 g/mol. The van der Waals surface area contributed by atoms with Gasteiger partial charge in [0.1, 0.15) is 0 Å². The van der Waals surface area contributed by atoms with Gasteiger partial charge in [0.05, 0.1) is 18.3 Å². The standard InChI is InChI=1S/C20H24N4O2/c25-19-7-6-17(16-4-2-1-3-5-16)22-24(19)13-10-21-20(26)18-14-15-8-11-23(18)12-9-15/h1-7,15,18H,8-14H2,(H,21,26). The molecule has 0 saturated carbocycles. The molecule has 26 heavy (non-hydrogen) atoms.